The van der Waals surface area contributed by atoms with Gasteiger partial charge >= 0.3 is 0 Å². The zero-order valence-electron chi connectivity index (χ0n) is 10.3. The third kappa shape index (κ3) is 5.91. The average Bonchev–Trinajstić information content (AvgIpc) is 2.01. The molecule has 0 aromatic heterocycles. The molecule has 1 aromatic rings. The van der Waals surface area contributed by atoms with Crippen molar-refractivity contribution in [3.63, 3.8) is 0 Å². The van der Waals surface area contributed by atoms with Crippen LogP contribution in [0.5, 0.6) is 0 Å². The van der Waals surface area contributed by atoms with E-state index in [9.17, 15) is 0 Å². The van der Waals surface area contributed by atoms with Crippen LogP contribution in [0.25, 0.3) is 0 Å². The Kier molecular flexibility index (Phi) is 8.64. The van der Waals surface area contributed by atoms with Gasteiger partial charge in [-0.2, -0.15) is 0 Å². The van der Waals surface area contributed by atoms with Gasteiger partial charge in [-0.1, -0.05) is 88.1 Å². The molecule has 0 heteroatoms. The van der Waals surface area contributed by atoms with E-state index in [1.165, 1.54) is 11.1 Å². The van der Waals surface area contributed by atoms with Gasteiger partial charge in [0.1, 0.15) is 0 Å². The lowest BCUT2D eigenvalue weighted by molar-refractivity contribution is 0.577. The summed E-state index contributed by atoms with van der Waals surface area (Å²) in [6.45, 7) is 13.5. The van der Waals surface area contributed by atoms with E-state index >= 15 is 0 Å². The third-order valence-corrected chi connectivity index (χ3v) is 2.62. The van der Waals surface area contributed by atoms with Crippen LogP contribution in [0.4, 0.5) is 0 Å². The first-order chi connectivity index (χ1) is 6.21. The monoisotopic (exact) mass is 238 g/mol. The number of hydrogen-bond acceptors (Lipinski definition) is 0. The molecule has 0 spiro atoms. The van der Waals surface area contributed by atoms with Crippen molar-refractivity contribution in [2.45, 2.75) is 74.7 Å². The molecule has 0 aliphatic carbocycles. The highest BCUT2D eigenvalue weighted by Crippen LogP contribution is 2.26. The lowest BCUT2D eigenvalue weighted by Gasteiger charge is -2.23. The van der Waals surface area contributed by atoms with Crippen molar-refractivity contribution in [2.24, 2.45) is 0 Å². The number of benzene rings is 1. The average molecular weight is 238 g/mol. The van der Waals surface area contributed by atoms with Gasteiger partial charge in [-0.3, -0.25) is 0 Å². The molecule has 1 aromatic carbocycles. The van der Waals surface area contributed by atoms with E-state index in [1.807, 2.05) is 0 Å². The van der Waals surface area contributed by atoms with E-state index in [0.29, 0.717) is 0 Å². The Balaban J connectivity index is -0.000000653. The van der Waals surface area contributed by atoms with Crippen LogP contribution in [-0.2, 0) is 10.8 Å². The molecule has 0 fully saturated rings. The minimum absolute atomic E-state index is 0. The van der Waals surface area contributed by atoms with E-state index in [1.54, 1.807) is 0 Å². The van der Waals surface area contributed by atoms with E-state index in [4.69, 9.17) is 0 Å². The van der Waals surface area contributed by atoms with Crippen LogP contribution in [0.1, 0.15) is 74.9 Å². The highest BCUT2D eigenvalue weighted by Gasteiger charge is 2.16. The summed E-state index contributed by atoms with van der Waals surface area (Å²) in [7, 11) is 0. The maximum absolute atomic E-state index is 2.25. The van der Waals surface area contributed by atoms with Gasteiger partial charge in [-0.25, -0.2) is 0 Å². The van der Waals surface area contributed by atoms with Crippen molar-refractivity contribution in [3.8, 4) is 0 Å². The smallest absolute Gasteiger partial charge is 0.0132 e. The molecule has 0 heterocycles. The summed E-state index contributed by atoms with van der Waals surface area (Å²) in [5.74, 6) is 0. The molecular weight excluding hydrogens is 204 g/mol. The summed E-state index contributed by atoms with van der Waals surface area (Å²) >= 11 is 0. The molecule has 0 bridgehead atoms. The molecule has 0 N–H and O–H groups in total. The van der Waals surface area contributed by atoms with Crippen LogP contribution >= 0.6 is 0 Å². The predicted octanol–water partition coefficient (Wildman–Crippen LogP) is 6.19. The first-order valence-electron chi connectivity index (χ1n) is 5.32. The Morgan fingerprint density at radius 3 is 0.824 bits per heavy atom. The molecule has 0 saturated heterocycles. The minimum Gasteiger partial charge on any atom is -0.0776 e. The molecule has 0 nitrogen and oxygen atoms in total. The van der Waals surface area contributed by atoms with Gasteiger partial charge in [-0.05, 0) is 22.0 Å². The first kappa shape index (κ1) is 21.5. The second-order valence-corrected chi connectivity index (χ2v) is 6.08. The van der Waals surface area contributed by atoms with Gasteiger partial charge in [0.2, 0.25) is 0 Å². The first-order valence-corrected chi connectivity index (χ1v) is 5.32. The van der Waals surface area contributed by atoms with E-state index < -0.39 is 0 Å². The quantitative estimate of drug-likeness (QED) is 0.505. The van der Waals surface area contributed by atoms with Crippen molar-refractivity contribution >= 4 is 0 Å². The van der Waals surface area contributed by atoms with Crippen molar-refractivity contribution in [2.75, 3.05) is 0 Å². The second-order valence-electron chi connectivity index (χ2n) is 6.08. The Hall–Kier alpha value is -0.780. The van der Waals surface area contributed by atoms with Crippen LogP contribution in [0.2, 0.25) is 0 Å². The van der Waals surface area contributed by atoms with Gasteiger partial charge in [-0.15, -0.1) is 0 Å². The van der Waals surface area contributed by atoms with Crippen molar-refractivity contribution in [1.82, 2.24) is 0 Å². The molecule has 0 aliphatic rings. The highest BCUT2D eigenvalue weighted by atomic mass is 14.2. The van der Waals surface area contributed by atoms with Gasteiger partial charge in [0.25, 0.3) is 0 Å². The SMILES string of the molecule is C.C.C.CC(C)(C)c1ccc(C(C)(C)C)cc1. The van der Waals surface area contributed by atoms with Crippen LogP contribution in [-0.4, -0.2) is 0 Å². The fourth-order valence-electron chi connectivity index (χ4n) is 1.47. The van der Waals surface area contributed by atoms with E-state index in [-0.39, 0.29) is 33.1 Å². The molecular formula is C17H34. The van der Waals surface area contributed by atoms with Crippen LogP contribution in [0, 0.1) is 0 Å². The Labute approximate surface area is 110 Å². The normalized spacial score (nSPS) is 10.7. The molecule has 0 radical (unpaired) electrons. The van der Waals surface area contributed by atoms with Crippen molar-refractivity contribution < 1.29 is 0 Å². The number of hydrogen-bond donors (Lipinski definition) is 0. The Morgan fingerprint density at radius 2 is 0.706 bits per heavy atom. The summed E-state index contributed by atoms with van der Waals surface area (Å²) in [4.78, 5) is 0. The summed E-state index contributed by atoms with van der Waals surface area (Å²) in [6.07, 6.45) is 0. The van der Waals surface area contributed by atoms with Gasteiger partial charge in [0.15, 0.2) is 0 Å². The fourth-order valence-corrected chi connectivity index (χ4v) is 1.47. The predicted molar refractivity (Wildman–Crippen MR) is 84.0 cm³/mol. The Morgan fingerprint density at radius 1 is 0.529 bits per heavy atom. The molecule has 0 unspecified atom stereocenters. The second kappa shape index (κ2) is 6.83. The maximum atomic E-state index is 2.25. The molecule has 17 heavy (non-hydrogen) atoms. The maximum Gasteiger partial charge on any atom is -0.0132 e. The summed E-state index contributed by atoms with van der Waals surface area (Å²) in [5, 5.41) is 0. The zero-order chi connectivity index (χ0) is 11.0. The topological polar surface area (TPSA) is 0 Å². The third-order valence-electron chi connectivity index (χ3n) is 2.62. The van der Waals surface area contributed by atoms with Gasteiger partial charge in [0.05, 0.1) is 0 Å². The molecule has 1 rings (SSSR count). The zero-order valence-corrected chi connectivity index (χ0v) is 10.3. The lowest BCUT2D eigenvalue weighted by atomic mass is 9.82. The molecule has 0 amide bonds. The summed E-state index contributed by atoms with van der Waals surface area (Å²) in [5.41, 5.74) is 3.34. The Bertz CT molecular complexity index is 257. The molecule has 0 aliphatic heterocycles. The van der Waals surface area contributed by atoms with Crippen LogP contribution in [0.15, 0.2) is 24.3 Å². The minimum atomic E-state index is 0. The van der Waals surface area contributed by atoms with Crippen LogP contribution < -0.4 is 0 Å². The van der Waals surface area contributed by atoms with E-state index in [2.05, 4.69) is 65.8 Å². The van der Waals surface area contributed by atoms with Gasteiger partial charge in [0, 0.05) is 0 Å². The standard InChI is InChI=1S/C14H22.3CH4/c1-13(2,3)11-7-9-12(10-8-11)14(4,5)6;;;/h7-10H,1-6H3;3*1H4. The highest BCUT2D eigenvalue weighted by molar-refractivity contribution is 5.30. The summed E-state index contributed by atoms with van der Waals surface area (Å²) in [6, 6.07) is 9.00. The fraction of sp³-hybridized carbons (Fsp3) is 0.647. The molecule has 102 valence electrons. The van der Waals surface area contributed by atoms with Crippen LogP contribution in [0.3, 0.4) is 0 Å². The van der Waals surface area contributed by atoms with Crippen molar-refractivity contribution in [3.05, 3.63) is 35.4 Å². The largest absolute Gasteiger partial charge is 0.0776 e. The molecule has 0 atom stereocenters. The van der Waals surface area contributed by atoms with E-state index in [0.717, 1.165) is 0 Å². The van der Waals surface area contributed by atoms with Gasteiger partial charge < -0.3 is 0 Å². The summed E-state index contributed by atoms with van der Waals surface area (Å²) < 4.78 is 0. The van der Waals surface area contributed by atoms with Crippen molar-refractivity contribution in [1.29, 1.82) is 0 Å². The molecule has 0 saturated carbocycles. The number of rotatable bonds is 0. The lowest BCUT2D eigenvalue weighted by Crippen LogP contribution is -2.14.